The fraction of sp³-hybridized carbons (Fsp3) is 0.357. The van der Waals surface area contributed by atoms with Crippen LogP contribution in [0.3, 0.4) is 0 Å². The highest BCUT2D eigenvalue weighted by Crippen LogP contribution is 2.45. The summed E-state index contributed by atoms with van der Waals surface area (Å²) in [6, 6.07) is 3.66. The number of ether oxygens (including phenoxy) is 2. The number of fused-ring (bicyclic) bond motifs is 1. The van der Waals surface area contributed by atoms with Crippen LogP contribution in [-0.4, -0.2) is 52.9 Å². The van der Waals surface area contributed by atoms with E-state index in [1.807, 2.05) is 0 Å². The Labute approximate surface area is 241 Å². The lowest BCUT2D eigenvalue weighted by atomic mass is 10.1. The molecule has 1 aromatic carbocycles. The number of hydrogen-bond donors (Lipinski definition) is 0. The minimum absolute atomic E-state index is 0.159. The third kappa shape index (κ3) is 4.97. The van der Waals surface area contributed by atoms with Crippen LogP contribution in [0.1, 0.15) is 55.6 Å². The van der Waals surface area contributed by atoms with Gasteiger partial charge >= 0.3 is 6.18 Å². The Morgan fingerprint density at radius 1 is 1.07 bits per heavy atom. The number of nitrogens with zero attached hydrogens (tertiary/aromatic N) is 8. The predicted molar refractivity (Wildman–Crippen MR) is 145 cm³/mol. The van der Waals surface area contributed by atoms with Crippen molar-refractivity contribution in [3.05, 3.63) is 70.0 Å². The Balaban J connectivity index is 1.44. The molecule has 0 aliphatic heterocycles. The van der Waals surface area contributed by atoms with Crippen molar-refractivity contribution in [2.75, 3.05) is 14.2 Å². The summed E-state index contributed by atoms with van der Waals surface area (Å²) >= 11 is 0. The van der Waals surface area contributed by atoms with Crippen LogP contribution in [0.2, 0.25) is 0 Å². The van der Waals surface area contributed by atoms with Crippen molar-refractivity contribution >= 4 is 5.78 Å². The molecule has 4 aromatic heterocycles. The Morgan fingerprint density at radius 3 is 2.49 bits per heavy atom. The number of methoxy groups -OCH3 is 2. The molecule has 0 saturated heterocycles. The van der Waals surface area contributed by atoms with E-state index in [0.29, 0.717) is 11.4 Å². The molecule has 1 aliphatic rings. The number of benzene rings is 1. The number of halogens is 4. The molecule has 0 amide bonds. The van der Waals surface area contributed by atoms with E-state index in [4.69, 9.17) is 9.47 Å². The molecular formula is C28H26F4N8O3. The first-order valence-electron chi connectivity index (χ1n) is 13.4. The largest absolute Gasteiger partial charge is 0.493 e. The summed E-state index contributed by atoms with van der Waals surface area (Å²) in [6.07, 6.45) is 0.946. The minimum Gasteiger partial charge on any atom is -0.493 e. The van der Waals surface area contributed by atoms with E-state index in [9.17, 15) is 18.0 Å². The molecule has 15 heteroatoms. The zero-order valence-corrected chi connectivity index (χ0v) is 23.6. The number of aromatic nitrogens is 8. The van der Waals surface area contributed by atoms with Crippen LogP contribution >= 0.6 is 0 Å². The Hall–Kier alpha value is -4.82. The molecule has 4 heterocycles. The lowest BCUT2D eigenvalue weighted by molar-refractivity contribution is -0.140. The van der Waals surface area contributed by atoms with Crippen molar-refractivity contribution in [3.8, 4) is 34.4 Å². The average molecular weight is 599 g/mol. The highest BCUT2D eigenvalue weighted by Gasteiger charge is 2.36. The van der Waals surface area contributed by atoms with Gasteiger partial charge in [0.25, 0.3) is 5.56 Å². The molecule has 1 saturated carbocycles. The van der Waals surface area contributed by atoms with Crippen molar-refractivity contribution in [1.82, 2.24) is 38.7 Å². The third-order valence-electron chi connectivity index (χ3n) is 7.23. The van der Waals surface area contributed by atoms with Crippen molar-refractivity contribution in [3.63, 3.8) is 0 Å². The maximum absolute atomic E-state index is 15.9. The van der Waals surface area contributed by atoms with Crippen LogP contribution in [0.4, 0.5) is 17.6 Å². The SMILES string of the molecule is COc1ncnc(C2CC2)c1-c1nc2n(Cc3ccc(-c4nc(C(F)(F)F)cn4C(C)C)c(F)c3OC)c(=O)ccn2n1. The number of imidazole rings is 1. The second-order valence-electron chi connectivity index (χ2n) is 10.4. The van der Waals surface area contributed by atoms with Crippen LogP contribution in [0.15, 0.2) is 41.7 Å². The van der Waals surface area contributed by atoms with E-state index in [1.165, 1.54) is 58.6 Å². The van der Waals surface area contributed by atoms with Gasteiger partial charge in [-0.05, 0) is 32.8 Å². The van der Waals surface area contributed by atoms with E-state index >= 15 is 4.39 Å². The molecule has 11 nitrogen and oxygen atoms in total. The number of hydrogen-bond acceptors (Lipinski definition) is 8. The Morgan fingerprint density at radius 2 is 1.84 bits per heavy atom. The number of rotatable bonds is 8. The van der Waals surface area contributed by atoms with Gasteiger partial charge in [-0.2, -0.15) is 18.2 Å². The summed E-state index contributed by atoms with van der Waals surface area (Å²) < 4.78 is 71.0. The quantitative estimate of drug-likeness (QED) is 0.232. The van der Waals surface area contributed by atoms with E-state index in [0.717, 1.165) is 24.7 Å². The topological polar surface area (TPSA) is 114 Å². The molecule has 0 unspecified atom stereocenters. The molecule has 224 valence electrons. The first-order chi connectivity index (χ1) is 20.5. The fourth-order valence-corrected chi connectivity index (χ4v) is 5.00. The standard InChI is InChI=1S/C28H26F4N8O3/c1-14(2)38-12-18(28(30,31)32)35-25(38)17-8-7-16(23(42-3)21(17)29)11-39-19(41)9-10-40-27(39)36-24(37-40)20-22(15-5-6-15)33-13-34-26(20)43-4/h7-10,12-15H,5-6,11H2,1-4H3. The van der Waals surface area contributed by atoms with Gasteiger partial charge in [0.05, 0.1) is 32.0 Å². The van der Waals surface area contributed by atoms with Gasteiger partial charge in [-0.1, -0.05) is 6.07 Å². The van der Waals surface area contributed by atoms with Gasteiger partial charge in [0, 0.05) is 36.0 Å². The Bertz CT molecular complexity index is 1910. The molecule has 1 fully saturated rings. The summed E-state index contributed by atoms with van der Waals surface area (Å²) in [5.74, 6) is -0.410. The van der Waals surface area contributed by atoms with Crippen LogP contribution in [-0.2, 0) is 12.7 Å². The molecule has 0 spiro atoms. The van der Waals surface area contributed by atoms with Crippen molar-refractivity contribution < 1.29 is 27.0 Å². The summed E-state index contributed by atoms with van der Waals surface area (Å²) in [4.78, 5) is 30.0. The summed E-state index contributed by atoms with van der Waals surface area (Å²) in [7, 11) is 2.72. The van der Waals surface area contributed by atoms with E-state index in [1.54, 1.807) is 13.8 Å². The second kappa shape index (κ2) is 10.5. The highest BCUT2D eigenvalue weighted by molar-refractivity contribution is 5.67. The van der Waals surface area contributed by atoms with Gasteiger partial charge in [0.1, 0.15) is 17.7 Å². The predicted octanol–water partition coefficient (Wildman–Crippen LogP) is 4.89. The van der Waals surface area contributed by atoms with Crippen LogP contribution < -0.4 is 15.0 Å². The van der Waals surface area contributed by atoms with Gasteiger partial charge in [-0.25, -0.2) is 23.9 Å². The molecule has 0 bridgehead atoms. The van der Waals surface area contributed by atoms with Crippen LogP contribution in [0.5, 0.6) is 11.6 Å². The van der Waals surface area contributed by atoms with Crippen LogP contribution in [0.25, 0.3) is 28.6 Å². The van der Waals surface area contributed by atoms with E-state index in [-0.39, 0.29) is 46.8 Å². The van der Waals surface area contributed by atoms with Gasteiger partial charge < -0.3 is 14.0 Å². The minimum atomic E-state index is -4.71. The maximum Gasteiger partial charge on any atom is 0.434 e. The molecule has 0 atom stereocenters. The molecule has 0 radical (unpaired) electrons. The van der Waals surface area contributed by atoms with Gasteiger partial charge in [-0.15, -0.1) is 5.10 Å². The molecular weight excluding hydrogens is 572 g/mol. The average Bonchev–Trinajstić information content (AvgIpc) is 3.56. The van der Waals surface area contributed by atoms with Crippen molar-refractivity contribution in [2.24, 2.45) is 0 Å². The van der Waals surface area contributed by atoms with Gasteiger partial charge in [-0.3, -0.25) is 9.36 Å². The zero-order chi connectivity index (χ0) is 30.6. The molecule has 5 aromatic rings. The second-order valence-corrected chi connectivity index (χ2v) is 10.4. The number of alkyl halides is 3. The van der Waals surface area contributed by atoms with E-state index < -0.39 is 29.3 Å². The fourth-order valence-electron chi connectivity index (χ4n) is 5.00. The summed E-state index contributed by atoms with van der Waals surface area (Å²) in [5.41, 5.74) is -0.219. The first-order valence-corrected chi connectivity index (χ1v) is 13.4. The monoisotopic (exact) mass is 598 g/mol. The molecule has 43 heavy (non-hydrogen) atoms. The lowest BCUT2D eigenvalue weighted by Gasteiger charge is -2.16. The van der Waals surface area contributed by atoms with E-state index in [2.05, 4.69) is 25.0 Å². The van der Waals surface area contributed by atoms with Gasteiger partial charge in [0.15, 0.2) is 23.1 Å². The third-order valence-corrected chi connectivity index (χ3v) is 7.23. The highest BCUT2D eigenvalue weighted by atomic mass is 19.4. The molecule has 6 rings (SSSR count). The Kier molecular flexibility index (Phi) is 6.89. The van der Waals surface area contributed by atoms with Crippen LogP contribution in [0, 0.1) is 5.82 Å². The van der Waals surface area contributed by atoms with Crippen molar-refractivity contribution in [1.29, 1.82) is 0 Å². The first kappa shape index (κ1) is 28.3. The zero-order valence-electron chi connectivity index (χ0n) is 23.6. The maximum atomic E-state index is 15.9. The normalized spacial score (nSPS) is 13.7. The smallest absolute Gasteiger partial charge is 0.434 e. The summed E-state index contributed by atoms with van der Waals surface area (Å²) in [6.45, 7) is 3.16. The van der Waals surface area contributed by atoms with Crippen molar-refractivity contribution in [2.45, 2.75) is 51.4 Å². The summed E-state index contributed by atoms with van der Waals surface area (Å²) in [5, 5.41) is 4.55. The van der Waals surface area contributed by atoms with Gasteiger partial charge in [0.2, 0.25) is 11.7 Å². The lowest BCUT2D eigenvalue weighted by Crippen LogP contribution is -2.22. The molecule has 1 aliphatic carbocycles. The molecule has 0 N–H and O–H groups in total.